The van der Waals surface area contributed by atoms with E-state index in [1.807, 2.05) is 0 Å². The maximum atomic E-state index is 14.5. The molecule has 1 saturated heterocycles. The average Bonchev–Trinajstić information content (AvgIpc) is 3.33. The van der Waals surface area contributed by atoms with E-state index in [2.05, 4.69) is 25.7 Å². The largest absolute Gasteiger partial charge is 0.494 e. The Bertz CT molecular complexity index is 1430. The number of aromatic nitrogens is 4. The Morgan fingerprint density at radius 3 is 2.81 bits per heavy atom. The van der Waals surface area contributed by atoms with Gasteiger partial charge in [0, 0.05) is 43.1 Å². The third-order valence-corrected chi connectivity index (χ3v) is 6.27. The monoisotopic (exact) mass is 508 g/mol. The van der Waals surface area contributed by atoms with Crippen LogP contribution in [0.4, 0.5) is 14.6 Å². The number of rotatable bonds is 7. The summed E-state index contributed by atoms with van der Waals surface area (Å²) in [6, 6.07) is 8.46. The summed E-state index contributed by atoms with van der Waals surface area (Å²) >= 11 is 0. The normalized spacial score (nSPS) is 18.4. The minimum atomic E-state index is -1.14. The van der Waals surface area contributed by atoms with Crippen LogP contribution in [0.3, 0.4) is 0 Å². The molecule has 11 heteroatoms. The standard InChI is InChI=1S/C26H26F2N6O3/c1-34-13-17(12-30-34)25(15-4-6-23(36-2)18(27)9-15)33-26(35)21-5-3-16-11-29-24(10-22(16)31-21)32-20-7-8-37-14-19(20)28/h3-6,9-13,19-20,25H,7-8,14H2,1-2H3,(H,29,32)(H,33,35)/t19-,20+,25+/m1/s1. The second-order valence-corrected chi connectivity index (χ2v) is 8.84. The van der Waals surface area contributed by atoms with Crippen LogP contribution in [0.5, 0.6) is 5.75 Å². The Labute approximate surface area is 211 Å². The fourth-order valence-corrected chi connectivity index (χ4v) is 4.29. The number of alkyl halides is 1. The molecule has 9 nitrogen and oxygen atoms in total. The van der Waals surface area contributed by atoms with Crippen LogP contribution in [0.25, 0.3) is 10.9 Å². The van der Waals surface area contributed by atoms with Crippen molar-refractivity contribution in [3.05, 3.63) is 77.6 Å². The highest BCUT2D eigenvalue weighted by Gasteiger charge is 2.26. The maximum absolute atomic E-state index is 14.5. The van der Waals surface area contributed by atoms with Crippen molar-refractivity contribution < 1.29 is 23.0 Å². The van der Waals surface area contributed by atoms with Gasteiger partial charge in [-0.25, -0.2) is 18.7 Å². The first-order valence-corrected chi connectivity index (χ1v) is 11.8. The molecule has 0 saturated carbocycles. The summed E-state index contributed by atoms with van der Waals surface area (Å²) in [6.07, 6.45) is 4.37. The van der Waals surface area contributed by atoms with Crippen molar-refractivity contribution in [2.24, 2.45) is 7.05 Å². The number of carbonyl (C=O) groups is 1. The second-order valence-electron chi connectivity index (χ2n) is 8.84. The van der Waals surface area contributed by atoms with Crippen LogP contribution >= 0.6 is 0 Å². The molecule has 2 N–H and O–H groups in total. The first kappa shape index (κ1) is 24.6. The molecule has 37 heavy (non-hydrogen) atoms. The van der Waals surface area contributed by atoms with Gasteiger partial charge in [0.25, 0.3) is 5.91 Å². The summed E-state index contributed by atoms with van der Waals surface area (Å²) in [4.78, 5) is 22.2. The molecule has 0 unspecified atom stereocenters. The van der Waals surface area contributed by atoms with E-state index in [0.717, 1.165) is 5.39 Å². The zero-order chi connectivity index (χ0) is 25.9. The zero-order valence-corrected chi connectivity index (χ0v) is 20.3. The van der Waals surface area contributed by atoms with Gasteiger partial charge in [-0.05, 0) is 36.2 Å². The topological polar surface area (TPSA) is 103 Å². The van der Waals surface area contributed by atoms with Crippen LogP contribution in [0.2, 0.25) is 0 Å². The minimum absolute atomic E-state index is 0.0456. The molecule has 5 rings (SSSR count). The number of nitrogens with one attached hydrogen (secondary N) is 2. The molecule has 0 aliphatic carbocycles. The highest BCUT2D eigenvalue weighted by molar-refractivity contribution is 5.95. The summed E-state index contributed by atoms with van der Waals surface area (Å²) in [6.45, 7) is 0.522. The number of aryl methyl sites for hydroxylation is 1. The SMILES string of the molecule is COc1ccc([C@H](NC(=O)c2ccc3cnc(N[C@H]4CCOC[C@H]4F)cc3n2)c2cnn(C)c2)cc1F. The van der Waals surface area contributed by atoms with Crippen LogP contribution < -0.4 is 15.4 Å². The van der Waals surface area contributed by atoms with Gasteiger partial charge in [0.05, 0.1) is 37.5 Å². The van der Waals surface area contributed by atoms with Crippen molar-refractivity contribution in [3.63, 3.8) is 0 Å². The first-order chi connectivity index (χ1) is 17.9. The number of hydrogen-bond donors (Lipinski definition) is 2. The Kier molecular flexibility index (Phi) is 6.95. The Balaban J connectivity index is 1.41. The molecule has 4 heterocycles. The first-order valence-electron chi connectivity index (χ1n) is 11.8. The molecule has 0 bridgehead atoms. The number of benzene rings is 1. The van der Waals surface area contributed by atoms with Crippen molar-refractivity contribution in [1.82, 2.24) is 25.1 Å². The molecule has 3 aromatic heterocycles. The quantitative estimate of drug-likeness (QED) is 0.393. The van der Waals surface area contributed by atoms with E-state index in [1.165, 1.54) is 19.2 Å². The van der Waals surface area contributed by atoms with Crippen LogP contribution in [0.1, 0.15) is 34.1 Å². The molecular formula is C26H26F2N6O3. The number of hydrogen-bond acceptors (Lipinski definition) is 7. The van der Waals surface area contributed by atoms with E-state index >= 15 is 0 Å². The van der Waals surface area contributed by atoms with E-state index in [9.17, 15) is 13.6 Å². The lowest BCUT2D eigenvalue weighted by Gasteiger charge is -2.27. The van der Waals surface area contributed by atoms with Gasteiger partial charge in [-0.1, -0.05) is 6.07 Å². The molecule has 4 aromatic rings. The fraction of sp³-hybridized carbons (Fsp3) is 0.308. The van der Waals surface area contributed by atoms with Crippen LogP contribution in [0, 0.1) is 5.82 Å². The van der Waals surface area contributed by atoms with Gasteiger partial charge in [-0.15, -0.1) is 0 Å². The van der Waals surface area contributed by atoms with Crippen LogP contribution in [-0.4, -0.2) is 58.2 Å². The van der Waals surface area contributed by atoms with Gasteiger partial charge < -0.3 is 20.1 Å². The van der Waals surface area contributed by atoms with Crippen molar-refractivity contribution in [2.45, 2.75) is 24.7 Å². The molecule has 1 fully saturated rings. The predicted octanol–water partition coefficient (Wildman–Crippen LogP) is 3.57. The Morgan fingerprint density at radius 1 is 1.22 bits per heavy atom. The van der Waals surface area contributed by atoms with Crippen molar-refractivity contribution in [2.75, 3.05) is 25.6 Å². The van der Waals surface area contributed by atoms with Crippen molar-refractivity contribution in [1.29, 1.82) is 0 Å². The fourth-order valence-electron chi connectivity index (χ4n) is 4.29. The third kappa shape index (κ3) is 5.36. The van der Waals surface area contributed by atoms with Crippen molar-refractivity contribution in [3.8, 4) is 5.75 Å². The minimum Gasteiger partial charge on any atom is -0.494 e. The maximum Gasteiger partial charge on any atom is 0.270 e. The summed E-state index contributed by atoms with van der Waals surface area (Å²) in [5.41, 5.74) is 1.89. The number of ether oxygens (including phenoxy) is 2. The number of anilines is 1. The zero-order valence-electron chi connectivity index (χ0n) is 20.3. The molecule has 1 aliphatic heterocycles. The van der Waals surface area contributed by atoms with E-state index in [0.29, 0.717) is 35.5 Å². The van der Waals surface area contributed by atoms with Crippen LogP contribution in [-0.2, 0) is 11.8 Å². The van der Waals surface area contributed by atoms with Gasteiger partial charge in [0.1, 0.15) is 17.7 Å². The highest BCUT2D eigenvalue weighted by atomic mass is 19.1. The summed E-state index contributed by atoms with van der Waals surface area (Å²) in [7, 11) is 3.15. The highest BCUT2D eigenvalue weighted by Crippen LogP contribution is 2.27. The van der Waals surface area contributed by atoms with Gasteiger partial charge in [-0.3, -0.25) is 9.48 Å². The van der Waals surface area contributed by atoms with Crippen molar-refractivity contribution >= 4 is 22.6 Å². The summed E-state index contributed by atoms with van der Waals surface area (Å²) in [5, 5.41) is 11.0. The second kappa shape index (κ2) is 10.5. The molecule has 1 amide bonds. The molecule has 0 spiro atoms. The van der Waals surface area contributed by atoms with Gasteiger partial charge in [0.2, 0.25) is 0 Å². The lowest BCUT2D eigenvalue weighted by Crippen LogP contribution is -2.39. The molecular weight excluding hydrogens is 482 g/mol. The number of amides is 1. The number of pyridine rings is 2. The van der Waals surface area contributed by atoms with E-state index in [1.54, 1.807) is 54.6 Å². The van der Waals surface area contributed by atoms with E-state index in [-0.39, 0.29) is 18.1 Å². The number of methoxy groups -OCH3 is 1. The molecule has 3 atom stereocenters. The van der Waals surface area contributed by atoms with Crippen LogP contribution in [0.15, 0.2) is 55.0 Å². The predicted molar refractivity (Wildman–Crippen MR) is 133 cm³/mol. The van der Waals surface area contributed by atoms with Gasteiger partial charge in [-0.2, -0.15) is 5.10 Å². The number of fused-ring (bicyclic) bond motifs is 1. The number of carbonyl (C=O) groups excluding carboxylic acids is 1. The smallest absolute Gasteiger partial charge is 0.270 e. The lowest BCUT2D eigenvalue weighted by atomic mass is 10.0. The molecule has 1 aromatic carbocycles. The Morgan fingerprint density at radius 2 is 2.08 bits per heavy atom. The molecule has 0 radical (unpaired) electrons. The lowest BCUT2D eigenvalue weighted by molar-refractivity contribution is 0.0285. The van der Waals surface area contributed by atoms with Gasteiger partial charge >= 0.3 is 0 Å². The van der Waals surface area contributed by atoms with E-state index < -0.39 is 30.0 Å². The molecule has 192 valence electrons. The number of nitrogens with zero attached hydrogens (tertiary/aromatic N) is 4. The third-order valence-electron chi connectivity index (χ3n) is 6.27. The number of halogens is 2. The van der Waals surface area contributed by atoms with Gasteiger partial charge in [0.15, 0.2) is 11.6 Å². The van der Waals surface area contributed by atoms with E-state index in [4.69, 9.17) is 9.47 Å². The molecule has 1 aliphatic rings. The summed E-state index contributed by atoms with van der Waals surface area (Å²) < 4.78 is 40.4. The summed E-state index contributed by atoms with van der Waals surface area (Å²) in [5.74, 6) is -0.422. The Hall–Kier alpha value is -4.12. The average molecular weight is 509 g/mol.